The van der Waals surface area contributed by atoms with Gasteiger partial charge < -0.3 is 20.9 Å². The molecule has 0 atom stereocenters. The summed E-state index contributed by atoms with van der Waals surface area (Å²) in [7, 11) is 0. The van der Waals surface area contributed by atoms with Crippen LogP contribution in [0.2, 0.25) is 0 Å². The largest absolute Gasteiger partial charge is 0.457 e. The second kappa shape index (κ2) is 11.1. The first-order valence-electron chi connectivity index (χ1n) is 13.1. The minimum atomic E-state index is 0.708. The Morgan fingerprint density at radius 3 is 1.02 bits per heavy atom. The van der Waals surface area contributed by atoms with E-state index in [9.17, 15) is 0 Å². The topological polar surface area (TPSA) is 70.5 Å². The zero-order valence-corrected chi connectivity index (χ0v) is 21.8. The number of ether oxygens (including phenoxy) is 2. The Kier molecular flexibility index (Phi) is 6.89. The predicted octanol–water partition coefficient (Wildman–Crippen LogP) is 9.44. The van der Waals surface area contributed by atoms with E-state index in [1.807, 2.05) is 84.9 Å². The molecule has 4 heteroatoms. The highest BCUT2D eigenvalue weighted by atomic mass is 16.5. The fraction of sp³-hybridized carbons (Fsp3) is 0. The maximum absolute atomic E-state index is 6.17. The van der Waals surface area contributed by atoms with Crippen molar-refractivity contribution < 1.29 is 9.47 Å². The van der Waals surface area contributed by atoms with Crippen molar-refractivity contribution >= 4 is 11.4 Å². The monoisotopic (exact) mass is 520 g/mol. The van der Waals surface area contributed by atoms with Gasteiger partial charge in [0.25, 0.3) is 0 Å². The molecule has 40 heavy (non-hydrogen) atoms. The average Bonchev–Trinajstić information content (AvgIpc) is 3.00. The second-order valence-electron chi connectivity index (χ2n) is 9.49. The summed E-state index contributed by atoms with van der Waals surface area (Å²) in [5, 5.41) is 0. The van der Waals surface area contributed by atoms with Crippen molar-refractivity contribution in [2.45, 2.75) is 0 Å². The number of hydrogen-bond acceptors (Lipinski definition) is 4. The molecule has 0 heterocycles. The summed E-state index contributed by atoms with van der Waals surface area (Å²) >= 11 is 0. The van der Waals surface area contributed by atoms with Crippen LogP contribution in [-0.4, -0.2) is 0 Å². The molecule has 0 amide bonds. The second-order valence-corrected chi connectivity index (χ2v) is 9.49. The molecule has 0 radical (unpaired) electrons. The van der Waals surface area contributed by atoms with E-state index in [1.165, 1.54) is 0 Å². The number of rotatable bonds is 7. The fourth-order valence-corrected chi connectivity index (χ4v) is 4.60. The van der Waals surface area contributed by atoms with E-state index in [2.05, 4.69) is 60.7 Å². The predicted molar refractivity (Wildman–Crippen MR) is 165 cm³/mol. The molecule has 0 aromatic heterocycles. The lowest BCUT2D eigenvalue weighted by molar-refractivity contribution is 0.484. The molecule has 194 valence electrons. The van der Waals surface area contributed by atoms with Crippen LogP contribution in [0, 0.1) is 0 Å². The third-order valence-electron chi connectivity index (χ3n) is 6.72. The van der Waals surface area contributed by atoms with Gasteiger partial charge in [-0.15, -0.1) is 0 Å². The molecule has 0 saturated carbocycles. The molecule has 6 rings (SSSR count). The summed E-state index contributed by atoms with van der Waals surface area (Å²) in [5.41, 5.74) is 19.5. The third kappa shape index (κ3) is 5.52. The van der Waals surface area contributed by atoms with Crippen molar-refractivity contribution in [3.63, 3.8) is 0 Å². The van der Waals surface area contributed by atoms with E-state index in [4.69, 9.17) is 20.9 Å². The molecular weight excluding hydrogens is 492 g/mol. The van der Waals surface area contributed by atoms with Gasteiger partial charge in [0.05, 0.1) is 0 Å². The molecule has 0 aliphatic carbocycles. The van der Waals surface area contributed by atoms with E-state index in [-0.39, 0.29) is 0 Å². The lowest BCUT2D eigenvalue weighted by atomic mass is 9.97. The molecule has 0 spiro atoms. The molecule has 6 aromatic carbocycles. The number of nitrogens with two attached hydrogens (primary N) is 2. The SMILES string of the molecule is Nc1ccc(Oc2ccccc2-c2ccc(-c3ccc(-c4ccccc4Oc4ccc(N)cc4)cc3)cc2)cc1. The van der Waals surface area contributed by atoms with Crippen molar-refractivity contribution in [1.29, 1.82) is 0 Å². The highest BCUT2D eigenvalue weighted by Crippen LogP contribution is 2.36. The Bertz CT molecular complexity index is 1590. The van der Waals surface area contributed by atoms with E-state index < -0.39 is 0 Å². The summed E-state index contributed by atoms with van der Waals surface area (Å²) in [6.07, 6.45) is 0. The molecule has 4 nitrogen and oxygen atoms in total. The van der Waals surface area contributed by atoms with E-state index in [0.717, 1.165) is 56.4 Å². The fourth-order valence-electron chi connectivity index (χ4n) is 4.60. The molecular formula is C36H28N2O2. The van der Waals surface area contributed by atoms with Gasteiger partial charge >= 0.3 is 0 Å². The molecule has 6 aromatic rings. The highest BCUT2D eigenvalue weighted by molar-refractivity contribution is 5.77. The molecule has 0 fully saturated rings. The van der Waals surface area contributed by atoms with Crippen LogP contribution in [0.1, 0.15) is 0 Å². The van der Waals surface area contributed by atoms with Gasteiger partial charge in [-0.25, -0.2) is 0 Å². The summed E-state index contributed by atoms with van der Waals surface area (Å²) in [4.78, 5) is 0. The summed E-state index contributed by atoms with van der Waals surface area (Å²) < 4.78 is 12.3. The molecule has 4 N–H and O–H groups in total. The van der Waals surface area contributed by atoms with E-state index in [0.29, 0.717) is 11.4 Å². The maximum atomic E-state index is 6.17. The van der Waals surface area contributed by atoms with Crippen molar-refractivity contribution in [2.75, 3.05) is 11.5 Å². The molecule has 0 aliphatic rings. The Morgan fingerprint density at radius 1 is 0.325 bits per heavy atom. The van der Waals surface area contributed by atoms with Crippen molar-refractivity contribution in [1.82, 2.24) is 0 Å². The number of anilines is 2. The van der Waals surface area contributed by atoms with Crippen LogP contribution in [0.15, 0.2) is 146 Å². The smallest absolute Gasteiger partial charge is 0.135 e. The first-order valence-corrected chi connectivity index (χ1v) is 13.1. The van der Waals surface area contributed by atoms with Crippen LogP contribution in [0.3, 0.4) is 0 Å². The summed E-state index contributed by atoms with van der Waals surface area (Å²) in [6, 6.07) is 48.0. The van der Waals surface area contributed by atoms with Gasteiger partial charge in [-0.2, -0.15) is 0 Å². The van der Waals surface area contributed by atoms with Gasteiger partial charge in [-0.05, 0) is 82.9 Å². The Hall–Kier alpha value is -5.48. The Balaban J connectivity index is 1.22. The van der Waals surface area contributed by atoms with Gasteiger partial charge in [0, 0.05) is 22.5 Å². The van der Waals surface area contributed by atoms with Gasteiger partial charge in [-0.3, -0.25) is 0 Å². The molecule has 0 saturated heterocycles. The minimum absolute atomic E-state index is 0.708. The minimum Gasteiger partial charge on any atom is -0.457 e. The first kappa shape index (κ1) is 24.8. The molecule has 0 unspecified atom stereocenters. The van der Waals surface area contributed by atoms with Crippen LogP contribution < -0.4 is 20.9 Å². The zero-order valence-electron chi connectivity index (χ0n) is 21.8. The third-order valence-corrected chi connectivity index (χ3v) is 6.72. The summed E-state index contributed by atoms with van der Waals surface area (Å²) in [6.45, 7) is 0. The van der Waals surface area contributed by atoms with E-state index >= 15 is 0 Å². The standard InChI is InChI=1S/C36H28N2O2/c37-29-17-21-31(22-18-29)39-35-7-3-1-5-33(35)27-13-9-25(10-14-27)26-11-15-28(16-12-26)34-6-2-4-8-36(34)40-32-23-19-30(38)20-24-32/h1-24H,37-38H2. The number of hydrogen-bond donors (Lipinski definition) is 2. The summed E-state index contributed by atoms with van der Waals surface area (Å²) in [5.74, 6) is 3.09. The quantitative estimate of drug-likeness (QED) is 0.206. The Labute approximate surface area is 234 Å². The number of benzene rings is 6. The van der Waals surface area contributed by atoms with Gasteiger partial charge in [-0.1, -0.05) is 84.9 Å². The van der Waals surface area contributed by atoms with Crippen LogP contribution >= 0.6 is 0 Å². The average molecular weight is 521 g/mol. The maximum Gasteiger partial charge on any atom is 0.135 e. The molecule has 0 bridgehead atoms. The highest BCUT2D eigenvalue weighted by Gasteiger charge is 2.10. The first-order chi connectivity index (χ1) is 19.6. The van der Waals surface area contributed by atoms with Crippen LogP contribution in [-0.2, 0) is 0 Å². The van der Waals surface area contributed by atoms with Gasteiger partial charge in [0.1, 0.15) is 23.0 Å². The molecule has 0 aliphatic heterocycles. The number of nitrogen functional groups attached to an aromatic ring is 2. The Morgan fingerprint density at radius 2 is 0.650 bits per heavy atom. The lowest BCUT2D eigenvalue weighted by Crippen LogP contribution is -1.90. The van der Waals surface area contributed by atoms with Crippen molar-refractivity contribution in [3.05, 3.63) is 146 Å². The van der Waals surface area contributed by atoms with Crippen molar-refractivity contribution in [2.24, 2.45) is 0 Å². The van der Waals surface area contributed by atoms with Crippen LogP contribution in [0.5, 0.6) is 23.0 Å². The van der Waals surface area contributed by atoms with E-state index in [1.54, 1.807) is 0 Å². The normalized spacial score (nSPS) is 10.7. The van der Waals surface area contributed by atoms with Crippen LogP contribution in [0.25, 0.3) is 33.4 Å². The van der Waals surface area contributed by atoms with Crippen LogP contribution in [0.4, 0.5) is 11.4 Å². The lowest BCUT2D eigenvalue weighted by Gasteiger charge is -2.13. The number of para-hydroxylation sites is 2. The van der Waals surface area contributed by atoms with Crippen molar-refractivity contribution in [3.8, 4) is 56.4 Å². The van der Waals surface area contributed by atoms with Gasteiger partial charge in [0.2, 0.25) is 0 Å². The van der Waals surface area contributed by atoms with Gasteiger partial charge in [0.15, 0.2) is 0 Å². The zero-order chi connectivity index (χ0) is 27.3.